The number of methoxy groups -OCH3 is 1. The first-order chi connectivity index (χ1) is 12.2. The molecule has 0 aromatic carbocycles. The van der Waals surface area contributed by atoms with Gasteiger partial charge in [0, 0.05) is 31.6 Å². The molecule has 0 spiro atoms. The fourth-order valence-electron chi connectivity index (χ4n) is 3.08. The van der Waals surface area contributed by atoms with Gasteiger partial charge in [-0.05, 0) is 19.9 Å². The van der Waals surface area contributed by atoms with Crippen molar-refractivity contribution in [1.29, 1.82) is 0 Å². The smallest absolute Gasteiger partial charge is 0.373 e. The number of rotatable bonds is 7. The van der Waals surface area contributed by atoms with E-state index in [0.29, 0.717) is 19.3 Å². The number of hydrogen-bond donors (Lipinski definition) is 1. The van der Waals surface area contributed by atoms with Crippen molar-refractivity contribution in [3.05, 3.63) is 17.6 Å². The number of carboxylic acid groups (broad SMARTS) is 1. The molecule has 0 aliphatic carbocycles. The fourth-order valence-corrected chi connectivity index (χ4v) is 4.78. The quantitative estimate of drug-likeness (QED) is 0.682. The summed E-state index contributed by atoms with van der Waals surface area (Å²) in [6.07, 6.45) is 1.39. The third-order valence-corrected chi connectivity index (χ3v) is 6.47. The Balaban J connectivity index is 2.16. The second kappa shape index (κ2) is 8.19. The summed E-state index contributed by atoms with van der Waals surface area (Å²) in [7, 11) is -0.884. The number of carbonyl (C=O) groups excluding carboxylic acids is 1. The molecular weight excluding hydrogens is 364 g/mol. The van der Waals surface area contributed by atoms with E-state index in [9.17, 15) is 18.0 Å². The van der Waals surface area contributed by atoms with Crippen LogP contribution in [-0.2, 0) is 26.0 Å². The summed E-state index contributed by atoms with van der Waals surface area (Å²) in [6.45, 7) is 2.21. The number of hydrogen-bond acceptors (Lipinski definition) is 7. The van der Waals surface area contributed by atoms with Gasteiger partial charge in [-0.1, -0.05) is 6.92 Å². The molecule has 1 aliphatic heterocycles. The fraction of sp³-hybridized carbons (Fsp3) is 0.625. The number of piperidine rings is 1. The minimum absolute atomic E-state index is 0.0122. The Hall–Kier alpha value is -1.91. The van der Waals surface area contributed by atoms with Gasteiger partial charge in [0.1, 0.15) is 10.7 Å². The van der Waals surface area contributed by atoms with Gasteiger partial charge in [-0.3, -0.25) is 9.69 Å². The molecule has 9 nitrogen and oxygen atoms in total. The van der Waals surface area contributed by atoms with E-state index in [0.717, 1.165) is 0 Å². The molecule has 146 valence electrons. The average Bonchev–Trinajstić information content (AvgIpc) is 3.06. The van der Waals surface area contributed by atoms with Gasteiger partial charge >= 0.3 is 11.9 Å². The number of aliphatic carboxylic acids is 1. The molecule has 1 saturated heterocycles. The average molecular weight is 388 g/mol. The van der Waals surface area contributed by atoms with Crippen molar-refractivity contribution in [3.8, 4) is 0 Å². The van der Waals surface area contributed by atoms with E-state index in [4.69, 9.17) is 9.52 Å². The highest BCUT2D eigenvalue weighted by Gasteiger charge is 2.34. The van der Waals surface area contributed by atoms with E-state index in [2.05, 4.69) is 4.74 Å². The molecule has 0 saturated carbocycles. The Kier molecular flexibility index (Phi) is 6.43. The summed E-state index contributed by atoms with van der Waals surface area (Å²) in [5.74, 6) is -1.56. The third kappa shape index (κ3) is 4.25. The SMILES string of the molecule is CCc1oc(C(=O)OC)cc1S(=O)(=O)N1CCC(N(C)CC(=O)O)CC1. The molecule has 2 rings (SSSR count). The van der Waals surface area contributed by atoms with Gasteiger partial charge in [0.05, 0.1) is 13.7 Å². The molecule has 0 unspecified atom stereocenters. The molecule has 1 fully saturated rings. The molecular formula is C16H24N2O7S. The Bertz CT molecular complexity index is 764. The molecule has 0 atom stereocenters. The first kappa shape index (κ1) is 20.4. The maximum atomic E-state index is 13.0. The second-order valence-corrected chi connectivity index (χ2v) is 8.09. The van der Waals surface area contributed by atoms with E-state index in [1.807, 2.05) is 0 Å². The first-order valence-electron chi connectivity index (χ1n) is 8.33. The molecule has 2 heterocycles. The van der Waals surface area contributed by atoms with Crippen molar-refractivity contribution < 1.29 is 32.3 Å². The number of esters is 1. The highest BCUT2D eigenvalue weighted by atomic mass is 32.2. The number of carboxylic acids is 1. The number of aryl methyl sites for hydroxylation is 1. The summed E-state index contributed by atoms with van der Waals surface area (Å²) < 4.78 is 37.2. The van der Waals surface area contributed by atoms with Crippen LogP contribution in [0.3, 0.4) is 0 Å². The lowest BCUT2D eigenvalue weighted by molar-refractivity contribution is -0.138. The standard InChI is InChI=1S/C16H24N2O7S/c1-4-12-14(9-13(25-12)16(21)24-3)26(22,23)18-7-5-11(6-8-18)17(2)10-15(19)20/h9,11H,4-8,10H2,1-3H3,(H,19,20). The largest absolute Gasteiger partial charge is 0.480 e. The van der Waals surface area contributed by atoms with Crippen LogP contribution in [0.25, 0.3) is 0 Å². The van der Waals surface area contributed by atoms with Crippen LogP contribution < -0.4 is 0 Å². The van der Waals surface area contributed by atoms with Gasteiger partial charge in [-0.25, -0.2) is 13.2 Å². The Morgan fingerprint density at radius 3 is 2.50 bits per heavy atom. The maximum Gasteiger partial charge on any atom is 0.373 e. The molecule has 0 bridgehead atoms. The van der Waals surface area contributed by atoms with Crippen LogP contribution in [0.1, 0.15) is 36.1 Å². The number of nitrogens with zero attached hydrogens (tertiary/aromatic N) is 2. The normalized spacial score (nSPS) is 16.8. The molecule has 0 radical (unpaired) electrons. The summed E-state index contributed by atoms with van der Waals surface area (Å²) in [5.41, 5.74) is 0. The van der Waals surface area contributed by atoms with Crippen LogP contribution in [0, 0.1) is 0 Å². The van der Waals surface area contributed by atoms with Gasteiger partial charge in [-0.2, -0.15) is 4.31 Å². The monoisotopic (exact) mass is 388 g/mol. The minimum Gasteiger partial charge on any atom is -0.480 e. The summed E-state index contributed by atoms with van der Waals surface area (Å²) >= 11 is 0. The molecule has 1 aliphatic rings. The predicted molar refractivity (Wildman–Crippen MR) is 91.5 cm³/mol. The van der Waals surface area contributed by atoms with E-state index in [1.54, 1.807) is 18.9 Å². The Morgan fingerprint density at radius 2 is 2.00 bits per heavy atom. The molecule has 0 amide bonds. The highest BCUT2D eigenvalue weighted by molar-refractivity contribution is 7.89. The van der Waals surface area contributed by atoms with Gasteiger partial charge in [0.2, 0.25) is 15.8 Å². The Morgan fingerprint density at radius 1 is 1.38 bits per heavy atom. The van der Waals surface area contributed by atoms with Crippen LogP contribution in [0.15, 0.2) is 15.4 Å². The van der Waals surface area contributed by atoms with E-state index < -0.39 is 22.0 Å². The number of sulfonamides is 1. The lowest BCUT2D eigenvalue weighted by Crippen LogP contribution is -2.46. The van der Waals surface area contributed by atoms with Crippen molar-refractivity contribution >= 4 is 22.0 Å². The van der Waals surface area contributed by atoms with Gasteiger partial charge in [-0.15, -0.1) is 0 Å². The van der Waals surface area contributed by atoms with Gasteiger partial charge in [0.15, 0.2) is 0 Å². The number of ether oxygens (including phenoxy) is 1. The van der Waals surface area contributed by atoms with Crippen LogP contribution in [0.5, 0.6) is 0 Å². The van der Waals surface area contributed by atoms with Crippen LogP contribution in [-0.4, -0.2) is 74.5 Å². The zero-order valence-electron chi connectivity index (χ0n) is 15.1. The first-order valence-corrected chi connectivity index (χ1v) is 9.77. The van der Waals surface area contributed by atoms with E-state index in [1.165, 1.54) is 17.5 Å². The van der Waals surface area contributed by atoms with Crippen LogP contribution in [0.2, 0.25) is 0 Å². The Labute approximate surface area is 152 Å². The number of furan rings is 1. The second-order valence-electron chi connectivity index (χ2n) is 6.19. The van der Waals surface area contributed by atoms with Gasteiger partial charge in [0.25, 0.3) is 0 Å². The van der Waals surface area contributed by atoms with Crippen molar-refractivity contribution in [2.45, 2.75) is 37.1 Å². The van der Waals surface area contributed by atoms with Crippen molar-refractivity contribution in [3.63, 3.8) is 0 Å². The zero-order valence-corrected chi connectivity index (χ0v) is 15.9. The molecule has 10 heteroatoms. The number of likely N-dealkylation sites (N-methyl/N-ethyl adjacent to an activating group) is 1. The van der Waals surface area contributed by atoms with Crippen molar-refractivity contribution in [2.75, 3.05) is 33.8 Å². The highest BCUT2D eigenvalue weighted by Crippen LogP contribution is 2.28. The number of carbonyl (C=O) groups is 2. The van der Waals surface area contributed by atoms with Crippen LogP contribution >= 0.6 is 0 Å². The maximum absolute atomic E-state index is 13.0. The van der Waals surface area contributed by atoms with Crippen molar-refractivity contribution in [2.24, 2.45) is 0 Å². The van der Waals surface area contributed by atoms with E-state index >= 15 is 0 Å². The molecule has 1 aromatic rings. The summed E-state index contributed by atoms with van der Waals surface area (Å²) in [5, 5.41) is 8.87. The third-order valence-electron chi connectivity index (χ3n) is 4.53. The lowest BCUT2D eigenvalue weighted by atomic mass is 10.1. The van der Waals surface area contributed by atoms with Crippen molar-refractivity contribution in [1.82, 2.24) is 9.21 Å². The van der Waals surface area contributed by atoms with Gasteiger partial charge < -0.3 is 14.3 Å². The topological polar surface area (TPSA) is 117 Å². The van der Waals surface area contributed by atoms with E-state index in [-0.39, 0.29) is 42.1 Å². The zero-order chi connectivity index (χ0) is 19.5. The predicted octanol–water partition coefficient (Wildman–Crippen LogP) is 0.798. The lowest BCUT2D eigenvalue weighted by Gasteiger charge is -2.35. The van der Waals surface area contributed by atoms with Crippen LogP contribution in [0.4, 0.5) is 0 Å². The summed E-state index contributed by atoms with van der Waals surface area (Å²) in [6, 6.07) is 1.22. The minimum atomic E-state index is -3.80. The summed E-state index contributed by atoms with van der Waals surface area (Å²) in [4.78, 5) is 24.1. The molecule has 1 N–H and O–H groups in total. The molecule has 26 heavy (non-hydrogen) atoms. The molecule has 1 aromatic heterocycles.